The van der Waals surface area contributed by atoms with Crippen molar-refractivity contribution < 1.29 is 14.3 Å². The SMILES string of the molecule is CC(C)OC(=O)CCOCCc1ccc(CCP)cc1. The highest BCUT2D eigenvalue weighted by Crippen LogP contribution is 2.07. The van der Waals surface area contributed by atoms with E-state index in [4.69, 9.17) is 9.47 Å². The van der Waals surface area contributed by atoms with Crippen molar-refractivity contribution in [2.75, 3.05) is 19.4 Å². The monoisotopic (exact) mass is 296 g/mol. The topological polar surface area (TPSA) is 35.5 Å². The molecule has 1 rings (SSSR count). The van der Waals surface area contributed by atoms with Crippen LogP contribution in [0.5, 0.6) is 0 Å². The number of aryl methyl sites for hydroxylation is 1. The Balaban J connectivity index is 2.13. The maximum absolute atomic E-state index is 11.3. The molecule has 20 heavy (non-hydrogen) atoms. The van der Waals surface area contributed by atoms with E-state index in [2.05, 4.69) is 33.5 Å². The van der Waals surface area contributed by atoms with Crippen molar-refractivity contribution in [2.45, 2.75) is 39.2 Å². The first kappa shape index (κ1) is 17.1. The lowest BCUT2D eigenvalue weighted by Gasteiger charge is -2.08. The third-order valence-corrected chi connectivity index (χ3v) is 3.10. The lowest BCUT2D eigenvalue weighted by molar-refractivity contribution is -0.148. The van der Waals surface area contributed by atoms with Gasteiger partial charge >= 0.3 is 5.97 Å². The molecular formula is C16H25O3P. The van der Waals surface area contributed by atoms with E-state index in [1.165, 1.54) is 11.1 Å². The summed E-state index contributed by atoms with van der Waals surface area (Å²) in [5.74, 6) is -0.193. The van der Waals surface area contributed by atoms with Gasteiger partial charge in [0.1, 0.15) is 0 Å². The summed E-state index contributed by atoms with van der Waals surface area (Å²) in [7, 11) is 2.74. The maximum Gasteiger partial charge on any atom is 0.308 e. The van der Waals surface area contributed by atoms with Gasteiger partial charge in [0.05, 0.1) is 25.7 Å². The zero-order valence-electron chi connectivity index (χ0n) is 12.4. The number of carbonyl (C=O) groups excluding carboxylic acids is 1. The predicted molar refractivity (Wildman–Crippen MR) is 85.1 cm³/mol. The van der Waals surface area contributed by atoms with Crippen LogP contribution in [-0.2, 0) is 27.1 Å². The van der Waals surface area contributed by atoms with E-state index in [1.54, 1.807) is 0 Å². The smallest absolute Gasteiger partial charge is 0.308 e. The number of esters is 1. The van der Waals surface area contributed by atoms with Gasteiger partial charge in [0, 0.05) is 0 Å². The van der Waals surface area contributed by atoms with Crippen LogP contribution in [0.1, 0.15) is 31.4 Å². The maximum atomic E-state index is 11.3. The van der Waals surface area contributed by atoms with Gasteiger partial charge in [0.15, 0.2) is 0 Å². The van der Waals surface area contributed by atoms with Crippen molar-refractivity contribution in [2.24, 2.45) is 0 Å². The molecule has 1 atom stereocenters. The highest BCUT2D eigenvalue weighted by atomic mass is 31.0. The largest absolute Gasteiger partial charge is 0.463 e. The minimum atomic E-state index is -0.193. The second-order valence-corrected chi connectivity index (χ2v) is 5.58. The molecule has 0 aromatic heterocycles. The molecular weight excluding hydrogens is 271 g/mol. The van der Waals surface area contributed by atoms with Gasteiger partial charge in [-0.3, -0.25) is 4.79 Å². The van der Waals surface area contributed by atoms with Gasteiger partial charge in [-0.15, -0.1) is 9.24 Å². The van der Waals surface area contributed by atoms with Crippen molar-refractivity contribution in [1.29, 1.82) is 0 Å². The van der Waals surface area contributed by atoms with Crippen LogP contribution in [0, 0.1) is 0 Å². The fourth-order valence-electron chi connectivity index (χ4n) is 1.81. The number of rotatable bonds is 9. The molecule has 0 aliphatic carbocycles. The van der Waals surface area contributed by atoms with Crippen LogP contribution in [0.25, 0.3) is 0 Å². The molecule has 0 aliphatic rings. The Labute approximate surface area is 124 Å². The Kier molecular flexibility index (Phi) is 8.48. The molecule has 0 radical (unpaired) electrons. The molecule has 3 nitrogen and oxygen atoms in total. The Morgan fingerprint density at radius 3 is 2.25 bits per heavy atom. The van der Waals surface area contributed by atoms with E-state index < -0.39 is 0 Å². The molecule has 0 aliphatic heterocycles. The third kappa shape index (κ3) is 7.62. The average molecular weight is 296 g/mol. The number of hydrogen-bond donors (Lipinski definition) is 0. The second kappa shape index (κ2) is 9.90. The zero-order chi connectivity index (χ0) is 14.8. The van der Waals surface area contributed by atoms with Gasteiger partial charge in [0.25, 0.3) is 0 Å². The van der Waals surface area contributed by atoms with Crippen molar-refractivity contribution in [3.63, 3.8) is 0 Å². The summed E-state index contributed by atoms with van der Waals surface area (Å²) < 4.78 is 10.5. The van der Waals surface area contributed by atoms with Gasteiger partial charge in [-0.25, -0.2) is 0 Å². The quantitative estimate of drug-likeness (QED) is 0.399. The molecule has 0 bridgehead atoms. The Bertz CT molecular complexity index is 387. The summed E-state index contributed by atoms with van der Waals surface area (Å²) in [5.41, 5.74) is 2.63. The van der Waals surface area contributed by atoms with Crippen LogP contribution in [0.3, 0.4) is 0 Å². The highest BCUT2D eigenvalue weighted by molar-refractivity contribution is 7.16. The summed E-state index contributed by atoms with van der Waals surface area (Å²) in [6, 6.07) is 8.62. The standard InChI is InChI=1S/C16H25O3P/c1-13(2)19-16(17)8-11-18-10-7-14-3-5-15(6-4-14)9-12-20/h3-6,13H,7-12,20H2,1-2H3. The van der Waals surface area contributed by atoms with E-state index >= 15 is 0 Å². The summed E-state index contributed by atoms with van der Waals surface area (Å²) >= 11 is 0. The first-order valence-electron chi connectivity index (χ1n) is 7.17. The molecule has 0 fully saturated rings. The van der Waals surface area contributed by atoms with Gasteiger partial charge in [-0.05, 0) is 44.0 Å². The molecule has 1 unspecified atom stereocenters. The van der Waals surface area contributed by atoms with Gasteiger partial charge in [-0.1, -0.05) is 24.3 Å². The Morgan fingerprint density at radius 2 is 1.70 bits per heavy atom. The van der Waals surface area contributed by atoms with Crippen molar-refractivity contribution in [3.8, 4) is 0 Å². The van der Waals surface area contributed by atoms with Gasteiger partial charge < -0.3 is 9.47 Å². The lowest BCUT2D eigenvalue weighted by Crippen LogP contribution is -2.14. The van der Waals surface area contributed by atoms with Crippen molar-refractivity contribution in [3.05, 3.63) is 35.4 Å². The highest BCUT2D eigenvalue weighted by Gasteiger charge is 2.04. The van der Waals surface area contributed by atoms with Crippen LogP contribution in [-0.4, -0.2) is 31.4 Å². The molecule has 0 spiro atoms. The normalized spacial score (nSPS) is 10.8. The molecule has 0 saturated carbocycles. The van der Waals surface area contributed by atoms with Crippen LogP contribution < -0.4 is 0 Å². The molecule has 4 heteroatoms. The van der Waals surface area contributed by atoms with Crippen molar-refractivity contribution in [1.82, 2.24) is 0 Å². The van der Waals surface area contributed by atoms with Crippen molar-refractivity contribution >= 4 is 15.2 Å². The minimum absolute atomic E-state index is 0.0532. The van der Waals surface area contributed by atoms with E-state index in [0.29, 0.717) is 19.6 Å². The van der Waals surface area contributed by atoms with E-state index in [-0.39, 0.29) is 12.1 Å². The molecule has 1 aromatic rings. The molecule has 0 N–H and O–H groups in total. The van der Waals surface area contributed by atoms with Crippen LogP contribution in [0.15, 0.2) is 24.3 Å². The summed E-state index contributed by atoms with van der Waals surface area (Å²) in [5, 5.41) is 0. The zero-order valence-corrected chi connectivity index (χ0v) is 13.6. The number of hydrogen-bond acceptors (Lipinski definition) is 3. The van der Waals surface area contributed by atoms with Crippen LogP contribution >= 0.6 is 9.24 Å². The molecule has 1 aromatic carbocycles. The van der Waals surface area contributed by atoms with Gasteiger partial charge in [-0.2, -0.15) is 0 Å². The molecule has 0 saturated heterocycles. The fraction of sp³-hybridized carbons (Fsp3) is 0.562. The van der Waals surface area contributed by atoms with Crippen LogP contribution in [0.4, 0.5) is 0 Å². The number of ether oxygens (including phenoxy) is 2. The summed E-state index contributed by atoms with van der Waals surface area (Å²) in [6.45, 7) is 4.76. The second-order valence-electron chi connectivity index (χ2n) is 5.01. The predicted octanol–water partition coefficient (Wildman–Crippen LogP) is 3.01. The first-order chi connectivity index (χ1) is 9.61. The van der Waals surface area contributed by atoms with E-state index in [1.807, 2.05) is 13.8 Å². The Hall–Kier alpha value is -0.920. The summed E-state index contributed by atoms with van der Waals surface area (Å²) in [4.78, 5) is 11.3. The summed E-state index contributed by atoms with van der Waals surface area (Å²) in [6.07, 6.45) is 3.34. The minimum Gasteiger partial charge on any atom is -0.463 e. The molecule has 0 heterocycles. The number of benzene rings is 1. The average Bonchev–Trinajstić information content (AvgIpc) is 2.40. The first-order valence-corrected chi connectivity index (χ1v) is 7.98. The number of carbonyl (C=O) groups is 1. The van der Waals surface area contributed by atoms with Gasteiger partial charge in [0.2, 0.25) is 0 Å². The third-order valence-electron chi connectivity index (χ3n) is 2.81. The molecule has 0 amide bonds. The molecule has 112 valence electrons. The lowest BCUT2D eigenvalue weighted by atomic mass is 10.1. The fourth-order valence-corrected chi connectivity index (χ4v) is 2.14. The Morgan fingerprint density at radius 1 is 1.10 bits per heavy atom. The van der Waals surface area contributed by atoms with Crippen LogP contribution in [0.2, 0.25) is 0 Å². The van der Waals surface area contributed by atoms with E-state index in [9.17, 15) is 4.79 Å². The van der Waals surface area contributed by atoms with E-state index in [0.717, 1.165) is 19.0 Å².